The Labute approximate surface area is 67.5 Å². The monoisotopic (exact) mass is 150 g/mol. The van der Waals surface area contributed by atoms with Crippen LogP contribution in [0.4, 0.5) is 0 Å². The summed E-state index contributed by atoms with van der Waals surface area (Å²) < 4.78 is 0. The van der Waals surface area contributed by atoms with Crippen LogP contribution in [0.15, 0.2) is 28.9 Å². The molecule has 0 bridgehead atoms. The molecule has 60 valence electrons. The Balaban J connectivity index is 2.42. The summed E-state index contributed by atoms with van der Waals surface area (Å²) in [4.78, 5) is 4.28. The first-order valence-corrected chi connectivity index (χ1v) is 4.02. The highest BCUT2D eigenvalue weighted by Gasteiger charge is 1.92. The molecule has 11 heavy (non-hydrogen) atoms. The van der Waals surface area contributed by atoms with Crippen LogP contribution in [0.2, 0.25) is 0 Å². The molecule has 2 nitrogen and oxygen atoms in total. The summed E-state index contributed by atoms with van der Waals surface area (Å²) in [6.45, 7) is 0.747. The zero-order chi connectivity index (χ0) is 7.94. The minimum atomic E-state index is 0.747. The molecule has 0 saturated heterocycles. The molecule has 0 saturated carbocycles. The van der Waals surface area contributed by atoms with Gasteiger partial charge in [0, 0.05) is 18.3 Å². The number of hydrogen-bond donors (Lipinski definition) is 1. The number of rotatable bonds is 3. The molecule has 0 atom stereocenters. The Bertz CT molecular complexity index is 190. The van der Waals surface area contributed by atoms with E-state index in [4.69, 9.17) is 5.73 Å². The molecule has 0 amide bonds. The lowest BCUT2D eigenvalue weighted by atomic mass is 10.2. The fraction of sp³-hybridized carbons (Fsp3) is 0.444. The van der Waals surface area contributed by atoms with Crippen molar-refractivity contribution < 1.29 is 0 Å². The lowest BCUT2D eigenvalue weighted by molar-refractivity contribution is 0.817. The van der Waals surface area contributed by atoms with Gasteiger partial charge in [0.15, 0.2) is 0 Å². The van der Waals surface area contributed by atoms with E-state index in [1.807, 2.05) is 6.21 Å². The van der Waals surface area contributed by atoms with Crippen molar-refractivity contribution in [2.24, 2.45) is 10.7 Å². The highest BCUT2D eigenvalue weighted by Crippen LogP contribution is 2.08. The van der Waals surface area contributed by atoms with Gasteiger partial charge in [0.1, 0.15) is 0 Å². The van der Waals surface area contributed by atoms with E-state index in [1.54, 1.807) is 0 Å². The molecule has 0 radical (unpaired) electrons. The smallest absolute Gasteiger partial charge is 0.0400 e. The summed E-state index contributed by atoms with van der Waals surface area (Å²) in [6.07, 6.45) is 11.1. The van der Waals surface area contributed by atoms with Gasteiger partial charge in [-0.2, -0.15) is 0 Å². The van der Waals surface area contributed by atoms with E-state index in [0.717, 1.165) is 31.5 Å². The zero-order valence-electron chi connectivity index (χ0n) is 6.66. The van der Waals surface area contributed by atoms with Crippen molar-refractivity contribution in [3.63, 3.8) is 0 Å². The molecule has 2 heteroatoms. The fourth-order valence-corrected chi connectivity index (χ4v) is 0.963. The third kappa shape index (κ3) is 3.14. The Morgan fingerprint density at radius 2 is 2.45 bits per heavy atom. The van der Waals surface area contributed by atoms with Crippen LogP contribution in [0.3, 0.4) is 0 Å². The van der Waals surface area contributed by atoms with Gasteiger partial charge in [-0.3, -0.25) is 4.99 Å². The number of nitrogens with two attached hydrogens (primary N) is 1. The van der Waals surface area contributed by atoms with Crippen LogP contribution in [0.1, 0.15) is 19.3 Å². The number of hydrogen-bond acceptors (Lipinski definition) is 2. The van der Waals surface area contributed by atoms with Gasteiger partial charge in [0.25, 0.3) is 0 Å². The Hall–Kier alpha value is -0.890. The number of nitrogens with zero attached hydrogens (tertiary/aromatic N) is 1. The van der Waals surface area contributed by atoms with Gasteiger partial charge in [0.05, 0.1) is 0 Å². The van der Waals surface area contributed by atoms with Crippen molar-refractivity contribution in [3.8, 4) is 0 Å². The van der Waals surface area contributed by atoms with Crippen molar-refractivity contribution >= 4 is 6.21 Å². The Kier molecular flexibility index (Phi) is 3.62. The first-order valence-electron chi connectivity index (χ1n) is 4.02. The quantitative estimate of drug-likeness (QED) is 0.652. The van der Waals surface area contributed by atoms with Gasteiger partial charge in [-0.25, -0.2) is 0 Å². The SMILES string of the molecule is NCCCC1=CC=CCC=N1. The van der Waals surface area contributed by atoms with Crippen LogP contribution in [0.5, 0.6) is 0 Å². The molecule has 0 aliphatic carbocycles. The first-order chi connectivity index (χ1) is 5.43. The second-order valence-corrected chi connectivity index (χ2v) is 2.53. The van der Waals surface area contributed by atoms with Gasteiger partial charge >= 0.3 is 0 Å². The van der Waals surface area contributed by atoms with E-state index >= 15 is 0 Å². The molecule has 0 aromatic rings. The molecule has 1 aliphatic rings. The van der Waals surface area contributed by atoms with Crippen molar-refractivity contribution in [1.29, 1.82) is 0 Å². The van der Waals surface area contributed by atoms with Crippen LogP contribution in [0.25, 0.3) is 0 Å². The van der Waals surface area contributed by atoms with Gasteiger partial charge < -0.3 is 5.73 Å². The maximum Gasteiger partial charge on any atom is 0.0400 e. The summed E-state index contributed by atoms with van der Waals surface area (Å²) in [7, 11) is 0. The van der Waals surface area contributed by atoms with Crippen molar-refractivity contribution in [2.75, 3.05) is 6.54 Å². The van der Waals surface area contributed by atoms with Crippen LogP contribution >= 0.6 is 0 Å². The molecular weight excluding hydrogens is 136 g/mol. The second-order valence-electron chi connectivity index (χ2n) is 2.53. The highest BCUT2D eigenvalue weighted by molar-refractivity contribution is 5.62. The molecule has 2 N–H and O–H groups in total. The molecule has 1 rings (SSSR count). The lowest BCUT2D eigenvalue weighted by Gasteiger charge is -1.96. The molecule has 1 heterocycles. The van der Waals surface area contributed by atoms with Crippen LogP contribution in [-0.2, 0) is 0 Å². The van der Waals surface area contributed by atoms with Gasteiger partial charge in [-0.15, -0.1) is 0 Å². The fourth-order valence-electron chi connectivity index (χ4n) is 0.963. The summed E-state index contributed by atoms with van der Waals surface area (Å²) in [5.41, 5.74) is 6.53. The maximum atomic E-state index is 5.39. The molecule has 0 unspecified atom stereocenters. The molecular formula is C9H14N2. The normalized spacial score (nSPS) is 16.3. The molecule has 0 fully saturated rings. The van der Waals surface area contributed by atoms with Gasteiger partial charge in [-0.05, 0) is 25.5 Å². The van der Waals surface area contributed by atoms with E-state index in [9.17, 15) is 0 Å². The van der Waals surface area contributed by atoms with E-state index in [1.165, 1.54) is 0 Å². The maximum absolute atomic E-state index is 5.39. The summed E-state index contributed by atoms with van der Waals surface area (Å²) in [5.74, 6) is 0. The van der Waals surface area contributed by atoms with E-state index < -0.39 is 0 Å². The highest BCUT2D eigenvalue weighted by atomic mass is 14.7. The van der Waals surface area contributed by atoms with Gasteiger partial charge in [0.2, 0.25) is 0 Å². The Morgan fingerprint density at radius 1 is 1.55 bits per heavy atom. The summed E-state index contributed by atoms with van der Waals surface area (Å²) in [5, 5.41) is 0. The Morgan fingerprint density at radius 3 is 3.27 bits per heavy atom. The number of allylic oxidation sites excluding steroid dienone is 4. The van der Waals surface area contributed by atoms with Gasteiger partial charge in [-0.1, -0.05) is 12.2 Å². The average molecular weight is 150 g/mol. The topological polar surface area (TPSA) is 38.4 Å². The summed E-state index contributed by atoms with van der Waals surface area (Å²) in [6, 6.07) is 0. The van der Waals surface area contributed by atoms with Crippen LogP contribution in [0, 0.1) is 0 Å². The zero-order valence-corrected chi connectivity index (χ0v) is 6.66. The molecule has 1 aliphatic heterocycles. The predicted octanol–water partition coefficient (Wildman–Crippen LogP) is 1.64. The third-order valence-electron chi connectivity index (χ3n) is 1.56. The lowest BCUT2D eigenvalue weighted by Crippen LogP contribution is -1.98. The molecule has 0 spiro atoms. The van der Waals surface area contributed by atoms with E-state index in [2.05, 4.69) is 23.2 Å². The standard InChI is InChI=1S/C9H14N2/c10-7-4-6-9-5-2-1-3-8-11-9/h1-2,5,8H,3-4,6-7,10H2. The predicted molar refractivity (Wildman–Crippen MR) is 48.6 cm³/mol. The largest absolute Gasteiger partial charge is 0.330 e. The number of aliphatic imine (C=N–C) groups is 1. The van der Waals surface area contributed by atoms with Crippen LogP contribution in [-0.4, -0.2) is 12.8 Å². The van der Waals surface area contributed by atoms with Crippen molar-refractivity contribution in [3.05, 3.63) is 23.9 Å². The van der Waals surface area contributed by atoms with Crippen LogP contribution < -0.4 is 5.73 Å². The minimum Gasteiger partial charge on any atom is -0.330 e. The van der Waals surface area contributed by atoms with E-state index in [0.29, 0.717) is 0 Å². The van der Waals surface area contributed by atoms with Crippen molar-refractivity contribution in [2.45, 2.75) is 19.3 Å². The first kappa shape index (κ1) is 8.21. The van der Waals surface area contributed by atoms with E-state index in [-0.39, 0.29) is 0 Å². The molecule has 0 aromatic carbocycles. The minimum absolute atomic E-state index is 0.747. The third-order valence-corrected chi connectivity index (χ3v) is 1.56. The average Bonchev–Trinajstić information content (AvgIpc) is 2.28. The van der Waals surface area contributed by atoms with Crippen molar-refractivity contribution in [1.82, 2.24) is 0 Å². The summed E-state index contributed by atoms with van der Waals surface area (Å²) >= 11 is 0. The molecule has 0 aromatic heterocycles. The second kappa shape index (κ2) is 4.85.